The van der Waals surface area contributed by atoms with Gasteiger partial charge in [-0.1, -0.05) is 17.7 Å². The highest BCUT2D eigenvalue weighted by Gasteiger charge is 2.29. The van der Waals surface area contributed by atoms with Crippen molar-refractivity contribution in [2.24, 2.45) is 0 Å². The van der Waals surface area contributed by atoms with Gasteiger partial charge in [-0.2, -0.15) is 4.31 Å². The zero-order chi connectivity index (χ0) is 22.7. The number of benzene rings is 2. The molecule has 32 heavy (non-hydrogen) atoms. The Morgan fingerprint density at radius 3 is 2.41 bits per heavy atom. The van der Waals surface area contributed by atoms with E-state index in [2.05, 4.69) is 10.2 Å². The van der Waals surface area contributed by atoms with Crippen LogP contribution in [-0.2, 0) is 14.8 Å². The summed E-state index contributed by atoms with van der Waals surface area (Å²) in [7, 11) is -3.51. The predicted octanol–water partition coefficient (Wildman–Crippen LogP) is 2.41. The normalized spacial score (nSPS) is 17.2. The number of ether oxygens (including phenoxy) is 2. The van der Waals surface area contributed by atoms with Gasteiger partial charge in [0.1, 0.15) is 13.2 Å². The number of amides is 1. The van der Waals surface area contributed by atoms with E-state index in [0.717, 1.165) is 11.1 Å². The van der Waals surface area contributed by atoms with Crippen molar-refractivity contribution < 1.29 is 22.7 Å². The quantitative estimate of drug-likeness (QED) is 0.714. The SMILES string of the molecule is Cc1ccc(S(=O)(=O)N2CCN(CCC(=O)Nc3ccc4c(c3)OCCO4)CC2)c(C)c1. The molecule has 8 nitrogen and oxygen atoms in total. The molecule has 172 valence electrons. The first-order chi connectivity index (χ1) is 15.3. The lowest BCUT2D eigenvalue weighted by Crippen LogP contribution is -2.49. The van der Waals surface area contributed by atoms with Crippen LogP contribution in [0.4, 0.5) is 5.69 Å². The second-order valence-corrected chi connectivity index (χ2v) is 10.1. The van der Waals surface area contributed by atoms with Crippen LogP contribution in [0, 0.1) is 13.8 Å². The van der Waals surface area contributed by atoms with Crippen molar-refractivity contribution >= 4 is 21.6 Å². The first-order valence-corrected chi connectivity index (χ1v) is 12.3. The summed E-state index contributed by atoms with van der Waals surface area (Å²) in [5, 5.41) is 2.89. The van der Waals surface area contributed by atoms with E-state index in [9.17, 15) is 13.2 Å². The fourth-order valence-corrected chi connectivity index (χ4v) is 5.65. The van der Waals surface area contributed by atoms with E-state index in [1.807, 2.05) is 26.0 Å². The van der Waals surface area contributed by atoms with E-state index in [-0.39, 0.29) is 5.91 Å². The summed E-state index contributed by atoms with van der Waals surface area (Å²) in [6.07, 6.45) is 0.332. The van der Waals surface area contributed by atoms with Crippen LogP contribution >= 0.6 is 0 Å². The van der Waals surface area contributed by atoms with Crippen molar-refractivity contribution in [2.45, 2.75) is 25.2 Å². The molecule has 9 heteroatoms. The fourth-order valence-electron chi connectivity index (χ4n) is 4.03. The van der Waals surface area contributed by atoms with E-state index in [0.29, 0.717) is 74.4 Å². The number of hydrogen-bond acceptors (Lipinski definition) is 6. The van der Waals surface area contributed by atoms with Crippen LogP contribution in [0.3, 0.4) is 0 Å². The van der Waals surface area contributed by atoms with Crippen LogP contribution in [0.2, 0.25) is 0 Å². The molecule has 2 aliphatic heterocycles. The highest BCUT2D eigenvalue weighted by molar-refractivity contribution is 7.89. The van der Waals surface area contributed by atoms with Gasteiger partial charge in [-0.25, -0.2) is 8.42 Å². The predicted molar refractivity (Wildman–Crippen MR) is 122 cm³/mol. The van der Waals surface area contributed by atoms with Gasteiger partial charge in [0.25, 0.3) is 0 Å². The number of sulfonamides is 1. The molecule has 2 aliphatic rings. The molecule has 0 radical (unpaired) electrons. The Kier molecular flexibility index (Phi) is 6.68. The number of hydrogen-bond donors (Lipinski definition) is 1. The average Bonchev–Trinajstić information content (AvgIpc) is 2.77. The molecule has 0 atom stereocenters. The Morgan fingerprint density at radius 2 is 1.69 bits per heavy atom. The van der Waals surface area contributed by atoms with Crippen LogP contribution in [0.25, 0.3) is 0 Å². The van der Waals surface area contributed by atoms with Gasteiger partial charge in [-0.15, -0.1) is 0 Å². The molecule has 2 aromatic rings. The summed E-state index contributed by atoms with van der Waals surface area (Å²) in [6.45, 7) is 7.41. The van der Waals surface area contributed by atoms with Crippen molar-refractivity contribution in [3.63, 3.8) is 0 Å². The van der Waals surface area contributed by atoms with Crippen LogP contribution in [0.5, 0.6) is 11.5 Å². The van der Waals surface area contributed by atoms with Crippen LogP contribution < -0.4 is 14.8 Å². The molecule has 1 fully saturated rings. The van der Waals surface area contributed by atoms with Crippen LogP contribution in [0.15, 0.2) is 41.3 Å². The maximum Gasteiger partial charge on any atom is 0.243 e. The molecule has 1 N–H and O–H groups in total. The third kappa shape index (κ3) is 5.06. The minimum absolute atomic E-state index is 0.0907. The monoisotopic (exact) mass is 459 g/mol. The number of rotatable bonds is 6. The van der Waals surface area contributed by atoms with Crippen molar-refractivity contribution in [3.05, 3.63) is 47.5 Å². The molecular formula is C23H29N3O5S. The second-order valence-electron chi connectivity index (χ2n) is 8.17. The van der Waals surface area contributed by atoms with Crippen molar-refractivity contribution in [1.29, 1.82) is 0 Å². The number of carbonyl (C=O) groups excluding carboxylic acids is 1. The topological polar surface area (TPSA) is 88.2 Å². The average molecular weight is 460 g/mol. The van der Waals surface area contributed by atoms with Crippen molar-refractivity contribution in [3.8, 4) is 11.5 Å². The second kappa shape index (κ2) is 9.48. The Bertz CT molecular complexity index is 1090. The standard InChI is InChI=1S/C23H29N3O5S/c1-17-3-6-22(18(2)15-17)32(28,29)26-11-9-25(10-12-26)8-7-23(27)24-19-4-5-20-21(16-19)31-14-13-30-20/h3-6,15-16H,7-14H2,1-2H3,(H,24,27). The number of nitrogens with zero attached hydrogens (tertiary/aromatic N) is 2. The number of fused-ring (bicyclic) bond motifs is 1. The van der Waals surface area contributed by atoms with Gasteiger partial charge in [0.15, 0.2) is 11.5 Å². The smallest absolute Gasteiger partial charge is 0.243 e. The Balaban J connectivity index is 1.26. The third-order valence-corrected chi connectivity index (χ3v) is 7.82. The molecule has 4 rings (SSSR count). The van der Waals surface area contributed by atoms with Gasteiger partial charge in [0.05, 0.1) is 4.90 Å². The highest BCUT2D eigenvalue weighted by Crippen LogP contribution is 2.32. The van der Waals surface area contributed by atoms with Crippen molar-refractivity contribution in [1.82, 2.24) is 9.21 Å². The molecule has 1 saturated heterocycles. The molecule has 2 aromatic carbocycles. The van der Waals surface area contributed by atoms with Gasteiger partial charge < -0.3 is 19.7 Å². The van der Waals surface area contributed by atoms with E-state index >= 15 is 0 Å². The number of piperazine rings is 1. The molecule has 0 spiro atoms. The first kappa shape index (κ1) is 22.6. The fraction of sp³-hybridized carbons (Fsp3) is 0.435. The van der Waals surface area contributed by atoms with E-state index < -0.39 is 10.0 Å². The van der Waals surface area contributed by atoms with Gasteiger partial charge in [0.2, 0.25) is 15.9 Å². The molecule has 1 amide bonds. The maximum atomic E-state index is 13.0. The largest absolute Gasteiger partial charge is 0.486 e. The Hall–Kier alpha value is -2.62. The van der Waals surface area contributed by atoms with E-state index in [4.69, 9.17) is 9.47 Å². The van der Waals surface area contributed by atoms with Crippen LogP contribution in [0.1, 0.15) is 17.5 Å². The maximum absolute atomic E-state index is 13.0. The van der Waals surface area contributed by atoms with Gasteiger partial charge >= 0.3 is 0 Å². The third-order valence-electron chi connectivity index (χ3n) is 5.76. The Labute approximate surface area is 189 Å². The zero-order valence-electron chi connectivity index (χ0n) is 18.5. The number of aryl methyl sites for hydroxylation is 2. The molecule has 0 saturated carbocycles. The summed E-state index contributed by atoms with van der Waals surface area (Å²) in [6, 6.07) is 10.8. The summed E-state index contributed by atoms with van der Waals surface area (Å²) < 4.78 is 38.6. The first-order valence-electron chi connectivity index (χ1n) is 10.8. The molecule has 0 unspecified atom stereocenters. The molecule has 0 aliphatic carbocycles. The number of nitrogens with one attached hydrogen (secondary N) is 1. The summed E-state index contributed by atoms with van der Waals surface area (Å²) in [4.78, 5) is 14.9. The molecule has 0 aromatic heterocycles. The molecular weight excluding hydrogens is 430 g/mol. The van der Waals surface area contributed by atoms with Gasteiger partial charge in [-0.05, 0) is 37.6 Å². The van der Waals surface area contributed by atoms with Crippen molar-refractivity contribution in [2.75, 3.05) is 51.3 Å². The molecule has 2 heterocycles. The Morgan fingerprint density at radius 1 is 0.969 bits per heavy atom. The summed E-state index contributed by atoms with van der Waals surface area (Å²) in [5.74, 6) is 1.23. The summed E-state index contributed by atoms with van der Waals surface area (Å²) in [5.41, 5.74) is 2.48. The minimum atomic E-state index is -3.51. The van der Waals surface area contributed by atoms with Gasteiger partial charge in [-0.3, -0.25) is 4.79 Å². The zero-order valence-corrected chi connectivity index (χ0v) is 19.3. The number of carbonyl (C=O) groups is 1. The molecule has 0 bridgehead atoms. The van der Waals surface area contributed by atoms with E-state index in [1.165, 1.54) is 4.31 Å². The lowest BCUT2D eigenvalue weighted by molar-refractivity contribution is -0.116. The number of anilines is 1. The summed E-state index contributed by atoms with van der Waals surface area (Å²) >= 11 is 0. The minimum Gasteiger partial charge on any atom is -0.486 e. The highest BCUT2D eigenvalue weighted by atomic mass is 32.2. The van der Waals surface area contributed by atoms with Crippen LogP contribution in [-0.4, -0.2) is 69.5 Å². The lowest BCUT2D eigenvalue weighted by Gasteiger charge is -2.34. The van der Waals surface area contributed by atoms with Gasteiger partial charge in [0, 0.05) is 50.9 Å². The lowest BCUT2D eigenvalue weighted by atomic mass is 10.2. The van der Waals surface area contributed by atoms with E-state index in [1.54, 1.807) is 24.3 Å².